The van der Waals surface area contributed by atoms with E-state index in [-0.39, 0.29) is 6.61 Å². The third-order valence-electron chi connectivity index (χ3n) is 5.24. The first-order valence-electron chi connectivity index (χ1n) is 9.78. The molecule has 0 spiro atoms. The molecule has 0 radical (unpaired) electrons. The van der Waals surface area contributed by atoms with E-state index < -0.39 is 68.5 Å². The molecule has 0 aliphatic carbocycles. The maximum Gasteiger partial charge on any atom is 0.229 e. The highest BCUT2D eigenvalue weighted by Gasteiger charge is 2.53. The topological polar surface area (TPSA) is 179 Å². The summed E-state index contributed by atoms with van der Waals surface area (Å²) in [6.45, 7) is -1.88. The molecule has 0 amide bonds. The largest absolute Gasteiger partial charge is 0.462 e. The minimum atomic E-state index is -1.94. The van der Waals surface area contributed by atoms with Crippen molar-refractivity contribution in [1.82, 2.24) is 0 Å². The predicted molar refractivity (Wildman–Crippen MR) is 104 cm³/mol. The van der Waals surface area contributed by atoms with Gasteiger partial charge in [0.1, 0.15) is 35.8 Å². The summed E-state index contributed by atoms with van der Waals surface area (Å²) < 4.78 is 22.1. The summed E-state index contributed by atoms with van der Waals surface area (Å²) in [5.74, 6) is 0.319. The van der Waals surface area contributed by atoms with Crippen molar-refractivity contribution in [3.63, 3.8) is 0 Å². The van der Waals surface area contributed by atoms with Crippen molar-refractivity contribution < 1.29 is 54.7 Å². The highest BCUT2D eigenvalue weighted by atomic mass is 16.8. The Balaban J connectivity index is 1.77. The lowest BCUT2D eigenvalue weighted by atomic mass is 9.98. The number of aliphatic hydroxyl groups is 7. The third-order valence-corrected chi connectivity index (χ3v) is 5.24. The Morgan fingerprint density at radius 3 is 2.32 bits per heavy atom. The molecule has 3 rings (SSSR count). The van der Waals surface area contributed by atoms with E-state index >= 15 is 0 Å². The van der Waals surface area contributed by atoms with Crippen LogP contribution in [-0.4, -0.2) is 111 Å². The van der Waals surface area contributed by atoms with Crippen LogP contribution in [0.25, 0.3) is 6.08 Å². The third kappa shape index (κ3) is 5.23. The van der Waals surface area contributed by atoms with E-state index in [4.69, 9.17) is 24.1 Å². The summed E-state index contributed by atoms with van der Waals surface area (Å²) in [6, 6.07) is 6.63. The lowest BCUT2D eigenvalue weighted by Crippen LogP contribution is -2.62. The molecule has 2 saturated heterocycles. The summed E-state index contributed by atoms with van der Waals surface area (Å²) in [6.07, 6.45) is -6.73. The molecule has 11 nitrogen and oxygen atoms in total. The minimum absolute atomic E-state index is 0.101. The summed E-state index contributed by atoms with van der Waals surface area (Å²) in [7, 11) is 0. The zero-order valence-corrected chi connectivity index (χ0v) is 16.6. The first-order valence-corrected chi connectivity index (χ1v) is 9.78. The predicted octanol–water partition coefficient (Wildman–Crippen LogP) is -2.66. The molecule has 2 aliphatic rings. The van der Waals surface area contributed by atoms with E-state index in [1.54, 1.807) is 36.4 Å². The van der Waals surface area contributed by atoms with Gasteiger partial charge < -0.3 is 54.7 Å². The van der Waals surface area contributed by atoms with Gasteiger partial charge in [0, 0.05) is 0 Å². The van der Waals surface area contributed by atoms with E-state index in [1.165, 1.54) is 0 Å². The second-order valence-electron chi connectivity index (χ2n) is 7.47. The molecule has 31 heavy (non-hydrogen) atoms. The number of ether oxygens (including phenoxy) is 4. The van der Waals surface area contributed by atoms with Crippen molar-refractivity contribution in [3.8, 4) is 5.75 Å². The van der Waals surface area contributed by atoms with E-state index in [2.05, 4.69) is 0 Å². The molecule has 2 heterocycles. The van der Waals surface area contributed by atoms with Crippen LogP contribution in [0.4, 0.5) is 0 Å². The number of benzene rings is 1. The van der Waals surface area contributed by atoms with Crippen LogP contribution < -0.4 is 4.74 Å². The van der Waals surface area contributed by atoms with E-state index in [0.717, 1.165) is 5.56 Å². The van der Waals surface area contributed by atoms with Gasteiger partial charge in [-0.15, -0.1) is 0 Å². The average Bonchev–Trinajstić information content (AvgIpc) is 3.07. The van der Waals surface area contributed by atoms with Gasteiger partial charge in [0.2, 0.25) is 6.29 Å². The fourth-order valence-corrected chi connectivity index (χ4v) is 3.34. The van der Waals surface area contributed by atoms with E-state index in [0.29, 0.717) is 5.75 Å². The highest BCUT2D eigenvalue weighted by Crippen LogP contribution is 2.32. The van der Waals surface area contributed by atoms with E-state index in [1.807, 2.05) is 0 Å². The number of hydrogen-bond acceptors (Lipinski definition) is 11. The minimum Gasteiger partial charge on any atom is -0.462 e. The quantitative estimate of drug-likeness (QED) is 0.222. The second-order valence-corrected chi connectivity index (χ2v) is 7.47. The Hall–Kier alpha value is -1.64. The average molecular weight is 444 g/mol. The monoisotopic (exact) mass is 444 g/mol. The summed E-state index contributed by atoms with van der Waals surface area (Å²) in [4.78, 5) is 0. The summed E-state index contributed by atoms with van der Waals surface area (Å²) in [5.41, 5.74) is -1.14. The Kier molecular flexibility index (Phi) is 7.99. The van der Waals surface area contributed by atoms with Gasteiger partial charge in [-0.3, -0.25) is 0 Å². The van der Waals surface area contributed by atoms with Crippen LogP contribution in [0.2, 0.25) is 0 Å². The summed E-state index contributed by atoms with van der Waals surface area (Å²) >= 11 is 0. The normalized spacial score (nSPS) is 38.6. The van der Waals surface area contributed by atoms with Gasteiger partial charge in [0.15, 0.2) is 12.4 Å². The maximum absolute atomic E-state index is 10.5. The van der Waals surface area contributed by atoms with Crippen molar-refractivity contribution >= 4 is 6.08 Å². The maximum atomic E-state index is 10.5. The molecule has 8 atom stereocenters. The molecule has 8 unspecified atom stereocenters. The molecule has 2 fully saturated rings. The first kappa shape index (κ1) is 24.0. The van der Waals surface area contributed by atoms with Crippen molar-refractivity contribution in [1.29, 1.82) is 0 Å². The van der Waals surface area contributed by atoms with Gasteiger partial charge >= 0.3 is 0 Å². The molecule has 0 aromatic heterocycles. The highest BCUT2D eigenvalue weighted by molar-refractivity contribution is 5.50. The molecule has 0 saturated carbocycles. The molecule has 2 aliphatic heterocycles. The summed E-state index contributed by atoms with van der Waals surface area (Å²) in [5, 5.41) is 68.6. The second kappa shape index (κ2) is 10.3. The standard InChI is InChI=1S/C20H28O11/c21-7-1-2-11-3-5-12(6-4-11)29-18-16(15(25)14(24)13(8-22)30-18)31-19-17(26)20(27,9-23)10-28-19/h1-6,13-19,21-27H,7-10H2. The van der Waals surface area contributed by atoms with Gasteiger partial charge in [0.05, 0.1) is 26.4 Å². The van der Waals surface area contributed by atoms with Gasteiger partial charge in [-0.05, 0) is 17.7 Å². The molecule has 11 heteroatoms. The molecular formula is C20H28O11. The number of rotatable bonds is 8. The smallest absolute Gasteiger partial charge is 0.229 e. The molecule has 174 valence electrons. The zero-order valence-electron chi connectivity index (χ0n) is 16.6. The zero-order chi connectivity index (χ0) is 22.6. The van der Waals surface area contributed by atoms with Crippen molar-refractivity contribution in [2.75, 3.05) is 26.4 Å². The van der Waals surface area contributed by atoms with Crippen LogP contribution in [0, 0.1) is 0 Å². The fraction of sp³-hybridized carbons (Fsp3) is 0.600. The Bertz CT molecular complexity index is 726. The Labute approximate surface area is 178 Å². The van der Waals surface area contributed by atoms with Crippen molar-refractivity contribution in [2.45, 2.75) is 48.7 Å². The van der Waals surface area contributed by atoms with Crippen LogP contribution >= 0.6 is 0 Å². The molecule has 1 aromatic carbocycles. The van der Waals surface area contributed by atoms with Crippen LogP contribution in [0.5, 0.6) is 5.75 Å². The van der Waals surface area contributed by atoms with Crippen molar-refractivity contribution in [2.24, 2.45) is 0 Å². The first-order chi connectivity index (χ1) is 14.8. The SMILES string of the molecule is OCC=Cc1ccc(OC2OC(CO)C(O)C(O)C2OC2OCC(O)(CO)C2O)cc1. The van der Waals surface area contributed by atoms with Crippen LogP contribution in [-0.2, 0) is 14.2 Å². The Morgan fingerprint density at radius 1 is 1.03 bits per heavy atom. The lowest BCUT2D eigenvalue weighted by Gasteiger charge is -2.42. The number of hydrogen-bond donors (Lipinski definition) is 7. The van der Waals surface area contributed by atoms with Gasteiger partial charge in [-0.25, -0.2) is 0 Å². The van der Waals surface area contributed by atoms with Crippen LogP contribution in [0.1, 0.15) is 5.56 Å². The van der Waals surface area contributed by atoms with Gasteiger partial charge in [0.25, 0.3) is 0 Å². The lowest BCUT2D eigenvalue weighted by molar-refractivity contribution is -0.318. The van der Waals surface area contributed by atoms with Crippen molar-refractivity contribution in [3.05, 3.63) is 35.9 Å². The van der Waals surface area contributed by atoms with Crippen LogP contribution in [0.15, 0.2) is 30.3 Å². The number of aliphatic hydroxyl groups excluding tert-OH is 6. The molecular weight excluding hydrogens is 416 g/mol. The van der Waals surface area contributed by atoms with E-state index in [9.17, 15) is 30.6 Å². The molecule has 1 aromatic rings. The Morgan fingerprint density at radius 2 is 1.74 bits per heavy atom. The van der Waals surface area contributed by atoms with Gasteiger partial charge in [-0.2, -0.15) is 0 Å². The van der Waals surface area contributed by atoms with Gasteiger partial charge in [-0.1, -0.05) is 24.3 Å². The fourth-order valence-electron chi connectivity index (χ4n) is 3.34. The molecule has 0 bridgehead atoms. The molecule has 7 N–H and O–H groups in total. The van der Waals surface area contributed by atoms with Crippen LogP contribution in [0.3, 0.4) is 0 Å².